The van der Waals surface area contributed by atoms with Gasteiger partial charge in [0.25, 0.3) is 0 Å². The van der Waals surface area contributed by atoms with Crippen molar-refractivity contribution in [3.8, 4) is 11.5 Å². The van der Waals surface area contributed by atoms with Crippen LogP contribution in [0.1, 0.15) is 24.1 Å². The maximum absolute atomic E-state index is 9.97. The standard InChI is InChI=1S/C16H18ClNO2/c1-10-4-6-14(17)15(8-10)18-11(2)13-9-12(20-3)5-7-16(13)19/h4-9,11,18-19H,1-3H3. The Hall–Kier alpha value is -1.87. The second-order valence-corrected chi connectivity index (χ2v) is 5.18. The second kappa shape index (κ2) is 6.06. The number of aryl methyl sites for hydroxylation is 1. The summed E-state index contributed by atoms with van der Waals surface area (Å²) in [6, 6.07) is 10.9. The Kier molecular flexibility index (Phi) is 4.40. The number of phenols is 1. The van der Waals surface area contributed by atoms with Gasteiger partial charge in [0.05, 0.1) is 23.9 Å². The molecule has 0 amide bonds. The molecule has 20 heavy (non-hydrogen) atoms. The van der Waals surface area contributed by atoms with Gasteiger partial charge in [0.2, 0.25) is 0 Å². The van der Waals surface area contributed by atoms with E-state index in [0.29, 0.717) is 10.8 Å². The molecule has 2 rings (SSSR count). The summed E-state index contributed by atoms with van der Waals surface area (Å²) in [5.74, 6) is 0.941. The average Bonchev–Trinajstić information content (AvgIpc) is 2.43. The molecular weight excluding hydrogens is 274 g/mol. The van der Waals surface area contributed by atoms with E-state index < -0.39 is 0 Å². The molecule has 2 N–H and O–H groups in total. The average molecular weight is 292 g/mol. The summed E-state index contributed by atoms with van der Waals surface area (Å²) >= 11 is 6.18. The molecule has 0 aliphatic carbocycles. The molecule has 1 unspecified atom stereocenters. The lowest BCUT2D eigenvalue weighted by atomic mass is 10.1. The normalized spacial score (nSPS) is 12.0. The Morgan fingerprint density at radius 3 is 2.65 bits per heavy atom. The van der Waals surface area contributed by atoms with E-state index in [4.69, 9.17) is 16.3 Å². The van der Waals surface area contributed by atoms with E-state index >= 15 is 0 Å². The highest BCUT2D eigenvalue weighted by Crippen LogP contribution is 2.32. The summed E-state index contributed by atoms with van der Waals surface area (Å²) in [4.78, 5) is 0. The Labute approximate surface area is 124 Å². The zero-order valence-electron chi connectivity index (χ0n) is 11.8. The molecule has 0 fully saturated rings. The first kappa shape index (κ1) is 14.5. The van der Waals surface area contributed by atoms with Crippen LogP contribution in [0.15, 0.2) is 36.4 Å². The monoisotopic (exact) mass is 291 g/mol. The number of halogens is 1. The molecular formula is C16H18ClNO2. The van der Waals surface area contributed by atoms with Gasteiger partial charge in [-0.1, -0.05) is 17.7 Å². The molecule has 0 aliphatic rings. The fourth-order valence-corrected chi connectivity index (χ4v) is 2.24. The first-order chi connectivity index (χ1) is 9.51. The van der Waals surface area contributed by atoms with Crippen molar-refractivity contribution in [3.05, 3.63) is 52.5 Å². The maximum atomic E-state index is 9.97. The van der Waals surface area contributed by atoms with Gasteiger partial charge >= 0.3 is 0 Å². The Morgan fingerprint density at radius 2 is 1.95 bits per heavy atom. The Balaban J connectivity index is 2.27. The highest BCUT2D eigenvalue weighted by atomic mass is 35.5. The first-order valence-corrected chi connectivity index (χ1v) is 6.78. The van der Waals surface area contributed by atoms with Crippen molar-refractivity contribution in [1.82, 2.24) is 0 Å². The molecule has 1 atom stereocenters. The minimum absolute atomic E-state index is 0.0931. The van der Waals surface area contributed by atoms with Gasteiger partial charge in [0, 0.05) is 5.56 Å². The van der Waals surface area contributed by atoms with Gasteiger partial charge in [-0.25, -0.2) is 0 Å². The van der Waals surface area contributed by atoms with Gasteiger partial charge in [-0.05, 0) is 49.7 Å². The number of benzene rings is 2. The van der Waals surface area contributed by atoms with E-state index in [-0.39, 0.29) is 11.8 Å². The van der Waals surface area contributed by atoms with Gasteiger partial charge in [0.1, 0.15) is 11.5 Å². The van der Waals surface area contributed by atoms with E-state index in [9.17, 15) is 5.11 Å². The van der Waals surface area contributed by atoms with Crippen LogP contribution >= 0.6 is 11.6 Å². The van der Waals surface area contributed by atoms with Crippen LogP contribution in [-0.2, 0) is 0 Å². The number of hydrogen-bond acceptors (Lipinski definition) is 3. The van der Waals surface area contributed by atoms with E-state index in [2.05, 4.69) is 5.32 Å². The van der Waals surface area contributed by atoms with Crippen molar-refractivity contribution >= 4 is 17.3 Å². The van der Waals surface area contributed by atoms with Crippen molar-refractivity contribution in [2.75, 3.05) is 12.4 Å². The lowest BCUT2D eigenvalue weighted by Crippen LogP contribution is -2.07. The largest absolute Gasteiger partial charge is 0.508 e. The highest BCUT2D eigenvalue weighted by Gasteiger charge is 2.13. The molecule has 0 radical (unpaired) electrons. The molecule has 2 aromatic rings. The number of anilines is 1. The highest BCUT2D eigenvalue weighted by molar-refractivity contribution is 6.33. The number of ether oxygens (including phenoxy) is 1. The molecule has 0 aliphatic heterocycles. The van der Waals surface area contributed by atoms with Crippen LogP contribution < -0.4 is 10.1 Å². The van der Waals surface area contributed by atoms with Crippen molar-refractivity contribution < 1.29 is 9.84 Å². The zero-order valence-corrected chi connectivity index (χ0v) is 12.5. The Bertz CT molecular complexity index is 613. The topological polar surface area (TPSA) is 41.5 Å². The third-order valence-electron chi connectivity index (χ3n) is 3.20. The number of rotatable bonds is 4. The van der Waals surface area contributed by atoms with Crippen LogP contribution in [0, 0.1) is 6.92 Å². The van der Waals surface area contributed by atoms with Crippen molar-refractivity contribution in [2.24, 2.45) is 0 Å². The SMILES string of the molecule is COc1ccc(O)c(C(C)Nc2cc(C)ccc2Cl)c1. The first-order valence-electron chi connectivity index (χ1n) is 6.41. The molecule has 106 valence electrons. The minimum atomic E-state index is -0.0931. The van der Waals surface area contributed by atoms with Gasteiger partial charge in [-0.15, -0.1) is 0 Å². The van der Waals surface area contributed by atoms with Crippen LogP contribution in [0.25, 0.3) is 0 Å². The number of aromatic hydroxyl groups is 1. The Morgan fingerprint density at radius 1 is 1.20 bits per heavy atom. The van der Waals surface area contributed by atoms with Crippen LogP contribution in [0.4, 0.5) is 5.69 Å². The lowest BCUT2D eigenvalue weighted by molar-refractivity contribution is 0.410. The van der Waals surface area contributed by atoms with Crippen molar-refractivity contribution in [3.63, 3.8) is 0 Å². The molecule has 4 heteroatoms. The molecule has 0 saturated heterocycles. The van der Waals surface area contributed by atoms with Crippen LogP contribution in [0.2, 0.25) is 5.02 Å². The molecule has 0 heterocycles. The van der Waals surface area contributed by atoms with Crippen LogP contribution in [0.3, 0.4) is 0 Å². The third-order valence-corrected chi connectivity index (χ3v) is 3.52. The van der Waals surface area contributed by atoms with Crippen LogP contribution in [0.5, 0.6) is 11.5 Å². The van der Waals surface area contributed by atoms with E-state index in [0.717, 1.165) is 16.8 Å². The molecule has 2 aromatic carbocycles. The van der Waals surface area contributed by atoms with Crippen molar-refractivity contribution in [2.45, 2.75) is 19.9 Å². The molecule has 0 saturated carbocycles. The molecule has 3 nitrogen and oxygen atoms in total. The van der Waals surface area contributed by atoms with E-state index in [1.165, 1.54) is 0 Å². The van der Waals surface area contributed by atoms with Gasteiger partial charge < -0.3 is 15.2 Å². The van der Waals surface area contributed by atoms with E-state index in [1.54, 1.807) is 19.2 Å². The third kappa shape index (κ3) is 3.17. The maximum Gasteiger partial charge on any atom is 0.121 e. The number of nitrogens with one attached hydrogen (secondary N) is 1. The molecule has 0 bridgehead atoms. The fraction of sp³-hybridized carbons (Fsp3) is 0.250. The van der Waals surface area contributed by atoms with Crippen molar-refractivity contribution in [1.29, 1.82) is 0 Å². The summed E-state index contributed by atoms with van der Waals surface area (Å²) in [7, 11) is 1.60. The fourth-order valence-electron chi connectivity index (χ4n) is 2.07. The molecule has 0 spiro atoms. The number of phenolic OH excluding ortho intramolecular Hbond substituents is 1. The summed E-state index contributed by atoms with van der Waals surface area (Å²) in [6.45, 7) is 3.97. The summed E-state index contributed by atoms with van der Waals surface area (Å²) in [5, 5.41) is 13.9. The number of hydrogen-bond donors (Lipinski definition) is 2. The summed E-state index contributed by atoms with van der Waals surface area (Å²) in [5.41, 5.74) is 2.74. The van der Waals surface area contributed by atoms with Gasteiger partial charge in [-0.2, -0.15) is 0 Å². The quantitative estimate of drug-likeness (QED) is 0.869. The van der Waals surface area contributed by atoms with Crippen LogP contribution in [-0.4, -0.2) is 12.2 Å². The zero-order chi connectivity index (χ0) is 14.7. The predicted molar refractivity (Wildman–Crippen MR) is 82.9 cm³/mol. The lowest BCUT2D eigenvalue weighted by Gasteiger charge is -2.19. The molecule has 0 aromatic heterocycles. The summed E-state index contributed by atoms with van der Waals surface area (Å²) in [6.07, 6.45) is 0. The summed E-state index contributed by atoms with van der Waals surface area (Å²) < 4.78 is 5.19. The smallest absolute Gasteiger partial charge is 0.121 e. The second-order valence-electron chi connectivity index (χ2n) is 4.77. The number of methoxy groups -OCH3 is 1. The van der Waals surface area contributed by atoms with E-state index in [1.807, 2.05) is 38.1 Å². The van der Waals surface area contributed by atoms with Gasteiger partial charge in [-0.3, -0.25) is 0 Å². The minimum Gasteiger partial charge on any atom is -0.508 e. The predicted octanol–water partition coefficient (Wildman–Crippen LogP) is 4.54. The van der Waals surface area contributed by atoms with Gasteiger partial charge in [0.15, 0.2) is 0 Å².